The summed E-state index contributed by atoms with van der Waals surface area (Å²) in [6.45, 7) is 4.27. The van der Waals surface area contributed by atoms with Crippen molar-refractivity contribution in [2.24, 2.45) is 5.41 Å². The average Bonchev–Trinajstić information content (AvgIpc) is 2.72. The van der Waals surface area contributed by atoms with Gasteiger partial charge in [-0.1, -0.05) is 20.8 Å². The number of aromatic amines is 1. The summed E-state index contributed by atoms with van der Waals surface area (Å²) in [5.74, 6) is -0.501. The van der Waals surface area contributed by atoms with E-state index in [-0.39, 0.29) is 5.69 Å². The van der Waals surface area contributed by atoms with Crippen molar-refractivity contribution in [3.63, 3.8) is 0 Å². The molecule has 0 bridgehead atoms. The number of nitrogens with one attached hydrogen (secondary N) is 1. The molecular formula is C14H20N2O7. The number of aliphatic hydroxyl groups excluding tert-OH is 3. The van der Waals surface area contributed by atoms with Crippen LogP contribution in [0.1, 0.15) is 37.5 Å². The first-order valence-electron chi connectivity index (χ1n) is 7.11. The van der Waals surface area contributed by atoms with Crippen LogP contribution in [0.3, 0.4) is 0 Å². The minimum atomic E-state index is -1.54. The molecule has 0 aromatic carbocycles. The molecule has 0 saturated carbocycles. The molecular weight excluding hydrogens is 308 g/mol. The highest BCUT2D eigenvalue weighted by atomic mass is 16.6. The first kappa shape index (κ1) is 17.5. The van der Waals surface area contributed by atoms with Gasteiger partial charge in [0.05, 0.1) is 12.3 Å². The van der Waals surface area contributed by atoms with E-state index in [0.29, 0.717) is 0 Å². The van der Waals surface area contributed by atoms with E-state index in [1.54, 1.807) is 20.8 Å². The number of nitrogens with zero attached hydrogens (tertiary/aromatic N) is 1. The lowest BCUT2D eigenvalue weighted by atomic mass is 9.88. The topological polar surface area (TPSA) is 142 Å². The number of Topliss-reactive ketones (excluding diaryl/α,β-unsaturated/α-hetero) is 1. The fourth-order valence-electron chi connectivity index (χ4n) is 2.41. The summed E-state index contributed by atoms with van der Waals surface area (Å²) in [5.41, 5.74) is -2.83. The first-order chi connectivity index (χ1) is 10.6. The molecule has 2 heterocycles. The van der Waals surface area contributed by atoms with E-state index < -0.39 is 53.6 Å². The zero-order chi connectivity index (χ0) is 17.5. The van der Waals surface area contributed by atoms with Crippen molar-refractivity contribution in [2.45, 2.75) is 45.3 Å². The Kier molecular flexibility index (Phi) is 4.58. The average molecular weight is 328 g/mol. The van der Waals surface area contributed by atoms with Gasteiger partial charge in [0.25, 0.3) is 5.56 Å². The van der Waals surface area contributed by atoms with Crippen molar-refractivity contribution in [1.82, 2.24) is 9.55 Å². The van der Waals surface area contributed by atoms with Crippen molar-refractivity contribution in [3.05, 3.63) is 32.6 Å². The van der Waals surface area contributed by atoms with Crippen molar-refractivity contribution >= 4 is 5.78 Å². The van der Waals surface area contributed by atoms with Crippen LogP contribution in [-0.4, -0.2) is 55.6 Å². The summed E-state index contributed by atoms with van der Waals surface area (Å²) in [5, 5.41) is 29.0. The SMILES string of the molecule is CC(C)(C)C(=O)c1cc(=O)[nH]c(=O)n1[C@@H]1O[C@H](CO)[C@@H](O)[C@H]1O. The van der Waals surface area contributed by atoms with Crippen molar-refractivity contribution in [1.29, 1.82) is 0 Å². The Morgan fingerprint density at radius 1 is 1.30 bits per heavy atom. The molecule has 1 aliphatic heterocycles. The molecule has 1 aliphatic rings. The van der Waals surface area contributed by atoms with Crippen LogP contribution in [0.2, 0.25) is 0 Å². The summed E-state index contributed by atoms with van der Waals surface area (Å²) in [6, 6.07) is 0.948. The van der Waals surface area contributed by atoms with Crippen LogP contribution in [-0.2, 0) is 4.74 Å². The Bertz CT molecular complexity index is 715. The summed E-state index contributed by atoms with van der Waals surface area (Å²) < 4.78 is 6.09. The second-order valence-electron chi connectivity index (χ2n) is 6.50. The standard InChI is InChI=1S/C14H20N2O7/c1-14(2,3)11(21)6-4-8(18)15-13(22)16(6)12-10(20)9(19)7(5-17)23-12/h4,7,9-10,12,17,19-20H,5H2,1-3H3,(H,15,18,22)/t7-,9-,10-,12-/m1/s1. The summed E-state index contributed by atoms with van der Waals surface area (Å²) in [7, 11) is 0. The maximum atomic E-state index is 12.5. The van der Waals surface area contributed by atoms with Crippen molar-refractivity contribution in [2.75, 3.05) is 6.61 Å². The Hall–Kier alpha value is -1.81. The van der Waals surface area contributed by atoms with E-state index >= 15 is 0 Å². The Balaban J connectivity index is 2.61. The summed E-state index contributed by atoms with van der Waals surface area (Å²) >= 11 is 0. The van der Waals surface area contributed by atoms with Gasteiger partial charge >= 0.3 is 5.69 Å². The van der Waals surface area contributed by atoms with Crippen LogP contribution in [0.25, 0.3) is 0 Å². The number of hydrogen-bond acceptors (Lipinski definition) is 7. The van der Waals surface area contributed by atoms with Gasteiger partial charge in [-0.05, 0) is 0 Å². The number of ketones is 1. The molecule has 9 nitrogen and oxygen atoms in total. The molecule has 1 aromatic heterocycles. The highest BCUT2D eigenvalue weighted by Crippen LogP contribution is 2.30. The van der Waals surface area contributed by atoms with Crippen LogP contribution >= 0.6 is 0 Å². The first-order valence-corrected chi connectivity index (χ1v) is 7.11. The molecule has 0 aliphatic carbocycles. The molecule has 0 amide bonds. The molecule has 0 radical (unpaired) electrons. The second-order valence-corrected chi connectivity index (χ2v) is 6.50. The zero-order valence-corrected chi connectivity index (χ0v) is 13.0. The molecule has 1 aromatic rings. The number of carbonyl (C=O) groups excluding carboxylic acids is 1. The zero-order valence-electron chi connectivity index (χ0n) is 13.0. The van der Waals surface area contributed by atoms with Gasteiger partial charge in [-0.25, -0.2) is 4.79 Å². The van der Waals surface area contributed by atoms with E-state index in [4.69, 9.17) is 9.84 Å². The van der Waals surface area contributed by atoms with Crippen LogP contribution in [0.4, 0.5) is 0 Å². The molecule has 4 atom stereocenters. The fourth-order valence-corrected chi connectivity index (χ4v) is 2.41. The van der Waals surface area contributed by atoms with E-state index in [9.17, 15) is 24.6 Å². The van der Waals surface area contributed by atoms with E-state index in [1.165, 1.54) is 0 Å². The van der Waals surface area contributed by atoms with E-state index in [1.807, 2.05) is 4.98 Å². The lowest BCUT2D eigenvalue weighted by molar-refractivity contribution is -0.0559. The van der Waals surface area contributed by atoms with Crippen molar-refractivity contribution < 1.29 is 24.9 Å². The molecule has 2 rings (SSSR count). The van der Waals surface area contributed by atoms with Crippen molar-refractivity contribution in [3.8, 4) is 0 Å². The van der Waals surface area contributed by atoms with Crippen LogP contribution in [0, 0.1) is 5.41 Å². The predicted molar refractivity (Wildman–Crippen MR) is 78.1 cm³/mol. The molecule has 128 valence electrons. The molecule has 0 unspecified atom stereocenters. The summed E-state index contributed by atoms with van der Waals surface area (Å²) in [6.07, 6.45) is -5.47. The Morgan fingerprint density at radius 2 is 1.91 bits per heavy atom. The maximum absolute atomic E-state index is 12.5. The third kappa shape index (κ3) is 3.13. The largest absolute Gasteiger partial charge is 0.394 e. The van der Waals surface area contributed by atoms with Gasteiger partial charge in [-0.2, -0.15) is 0 Å². The number of aromatic nitrogens is 2. The lowest BCUT2D eigenvalue weighted by Gasteiger charge is -2.24. The smallest absolute Gasteiger partial charge is 0.331 e. The number of ether oxygens (including phenoxy) is 1. The number of carbonyl (C=O) groups is 1. The van der Waals surface area contributed by atoms with Gasteiger partial charge in [-0.15, -0.1) is 0 Å². The Morgan fingerprint density at radius 3 is 2.39 bits per heavy atom. The van der Waals surface area contributed by atoms with Gasteiger partial charge in [0.2, 0.25) is 0 Å². The summed E-state index contributed by atoms with van der Waals surface area (Å²) in [4.78, 5) is 38.2. The predicted octanol–water partition coefficient (Wildman–Crippen LogP) is -1.62. The molecule has 1 fully saturated rings. The number of aliphatic hydroxyl groups is 3. The third-order valence-corrected chi connectivity index (χ3v) is 3.66. The van der Waals surface area contributed by atoms with Gasteiger partial charge in [0.1, 0.15) is 18.3 Å². The number of rotatable bonds is 3. The molecule has 23 heavy (non-hydrogen) atoms. The Labute approximate surface area is 131 Å². The van der Waals surface area contributed by atoms with Crippen LogP contribution in [0.15, 0.2) is 15.7 Å². The lowest BCUT2D eigenvalue weighted by Crippen LogP contribution is -2.42. The second kappa shape index (κ2) is 6.00. The number of H-pyrrole nitrogens is 1. The van der Waals surface area contributed by atoms with Gasteiger partial charge < -0.3 is 20.1 Å². The van der Waals surface area contributed by atoms with Crippen LogP contribution < -0.4 is 11.2 Å². The highest BCUT2D eigenvalue weighted by Gasteiger charge is 2.45. The van der Waals surface area contributed by atoms with Crippen LogP contribution in [0.5, 0.6) is 0 Å². The third-order valence-electron chi connectivity index (χ3n) is 3.66. The molecule has 0 spiro atoms. The molecule has 1 saturated heterocycles. The normalized spacial score (nSPS) is 28.1. The van der Waals surface area contributed by atoms with Gasteiger partial charge in [0.15, 0.2) is 12.0 Å². The highest BCUT2D eigenvalue weighted by molar-refractivity contribution is 5.98. The molecule has 9 heteroatoms. The fraction of sp³-hybridized carbons (Fsp3) is 0.643. The quantitative estimate of drug-likeness (QED) is 0.488. The monoisotopic (exact) mass is 328 g/mol. The minimum absolute atomic E-state index is 0.235. The molecule has 4 N–H and O–H groups in total. The van der Waals surface area contributed by atoms with Gasteiger partial charge in [0, 0.05) is 11.5 Å². The maximum Gasteiger partial charge on any atom is 0.331 e. The number of hydrogen-bond donors (Lipinski definition) is 4. The minimum Gasteiger partial charge on any atom is -0.394 e. The van der Waals surface area contributed by atoms with E-state index in [2.05, 4.69) is 0 Å². The van der Waals surface area contributed by atoms with E-state index in [0.717, 1.165) is 10.6 Å². The van der Waals surface area contributed by atoms with Gasteiger partial charge in [-0.3, -0.25) is 19.1 Å².